The summed E-state index contributed by atoms with van der Waals surface area (Å²) in [5.41, 5.74) is 0.762. The Hall–Kier alpha value is -1.99. The van der Waals surface area contributed by atoms with E-state index in [9.17, 15) is 4.79 Å². The molecule has 1 aromatic rings. The Morgan fingerprint density at radius 1 is 1.53 bits per heavy atom. The van der Waals surface area contributed by atoms with Gasteiger partial charge in [-0.2, -0.15) is 5.26 Å². The Kier molecular flexibility index (Phi) is 6.48. The molecule has 0 aliphatic rings. The summed E-state index contributed by atoms with van der Waals surface area (Å²) in [7, 11) is 0. The van der Waals surface area contributed by atoms with E-state index in [1.54, 1.807) is 24.3 Å². The van der Waals surface area contributed by atoms with Gasteiger partial charge in [-0.15, -0.1) is 0 Å². The summed E-state index contributed by atoms with van der Waals surface area (Å²) in [5, 5.41) is 15.1. The second-order valence-corrected chi connectivity index (χ2v) is 4.37. The van der Waals surface area contributed by atoms with Gasteiger partial charge in [0.25, 0.3) is 5.91 Å². The van der Waals surface area contributed by atoms with Gasteiger partial charge < -0.3 is 10.6 Å². The van der Waals surface area contributed by atoms with E-state index in [0.717, 1.165) is 18.5 Å². The van der Waals surface area contributed by atoms with Crippen molar-refractivity contribution in [1.29, 1.82) is 5.26 Å². The molecule has 0 fully saturated rings. The van der Waals surface area contributed by atoms with Crippen LogP contribution in [0.3, 0.4) is 0 Å². The van der Waals surface area contributed by atoms with E-state index in [-0.39, 0.29) is 11.5 Å². The number of anilines is 1. The Balaban J connectivity index is 2.62. The Morgan fingerprint density at radius 3 is 2.95 bits per heavy atom. The number of unbranched alkanes of at least 4 members (excludes halogenated alkanes) is 1. The van der Waals surface area contributed by atoms with Gasteiger partial charge in [-0.3, -0.25) is 4.79 Å². The summed E-state index contributed by atoms with van der Waals surface area (Å²) in [6.07, 6.45) is 3.27. The first kappa shape index (κ1) is 15.1. The van der Waals surface area contributed by atoms with E-state index in [1.165, 1.54) is 6.20 Å². The van der Waals surface area contributed by atoms with E-state index in [1.807, 2.05) is 13.0 Å². The number of rotatable bonds is 6. The summed E-state index contributed by atoms with van der Waals surface area (Å²) in [5.74, 6) is -0.370. The predicted octanol–water partition coefficient (Wildman–Crippen LogP) is 3.08. The van der Waals surface area contributed by atoms with Gasteiger partial charge in [0.15, 0.2) is 0 Å². The first-order valence-electron chi connectivity index (χ1n) is 6.08. The molecule has 1 amide bonds. The third kappa shape index (κ3) is 5.45. The second kappa shape index (κ2) is 8.17. The smallest absolute Gasteiger partial charge is 0.263 e. The zero-order valence-electron chi connectivity index (χ0n) is 10.7. The van der Waals surface area contributed by atoms with Gasteiger partial charge in [0.1, 0.15) is 11.6 Å². The molecule has 19 heavy (non-hydrogen) atoms. The molecular formula is C14H16ClN3O. The topological polar surface area (TPSA) is 64.9 Å². The Morgan fingerprint density at radius 2 is 2.32 bits per heavy atom. The van der Waals surface area contributed by atoms with E-state index < -0.39 is 0 Å². The fourth-order valence-electron chi connectivity index (χ4n) is 1.36. The average Bonchev–Trinajstić information content (AvgIpc) is 2.40. The van der Waals surface area contributed by atoms with Crippen LogP contribution in [-0.4, -0.2) is 12.5 Å². The van der Waals surface area contributed by atoms with Crippen LogP contribution in [0, 0.1) is 11.3 Å². The molecule has 0 saturated heterocycles. The normalized spacial score (nSPS) is 10.7. The molecule has 100 valence electrons. The van der Waals surface area contributed by atoms with Crippen molar-refractivity contribution >= 4 is 23.2 Å². The summed E-state index contributed by atoms with van der Waals surface area (Å²) >= 11 is 5.84. The van der Waals surface area contributed by atoms with E-state index in [2.05, 4.69) is 10.6 Å². The molecule has 2 N–H and O–H groups in total. The Bertz CT molecular complexity index is 506. The zero-order chi connectivity index (χ0) is 14.1. The molecule has 0 unspecified atom stereocenters. The molecule has 1 aromatic carbocycles. The van der Waals surface area contributed by atoms with Crippen LogP contribution in [0.5, 0.6) is 0 Å². The van der Waals surface area contributed by atoms with Crippen LogP contribution in [0.25, 0.3) is 0 Å². The molecular weight excluding hydrogens is 262 g/mol. The average molecular weight is 278 g/mol. The lowest BCUT2D eigenvalue weighted by molar-refractivity contribution is -0.117. The van der Waals surface area contributed by atoms with Crippen molar-refractivity contribution in [3.63, 3.8) is 0 Å². The summed E-state index contributed by atoms with van der Waals surface area (Å²) in [4.78, 5) is 11.7. The number of hydrogen-bond donors (Lipinski definition) is 2. The number of nitrogens with one attached hydrogen (secondary N) is 2. The number of nitriles is 1. The molecule has 1 rings (SSSR count). The third-order valence-electron chi connectivity index (χ3n) is 2.39. The number of halogens is 1. The minimum absolute atomic E-state index is 0.0380. The van der Waals surface area contributed by atoms with Crippen LogP contribution in [0.2, 0.25) is 5.02 Å². The van der Waals surface area contributed by atoms with Crippen molar-refractivity contribution in [2.75, 3.05) is 11.9 Å². The van der Waals surface area contributed by atoms with Crippen molar-refractivity contribution in [1.82, 2.24) is 5.32 Å². The number of hydrogen-bond acceptors (Lipinski definition) is 3. The van der Waals surface area contributed by atoms with Gasteiger partial charge >= 0.3 is 0 Å². The van der Waals surface area contributed by atoms with Gasteiger partial charge in [0.2, 0.25) is 0 Å². The predicted molar refractivity (Wildman–Crippen MR) is 76.7 cm³/mol. The minimum Gasteiger partial charge on any atom is -0.360 e. The molecule has 4 nitrogen and oxygen atoms in total. The van der Waals surface area contributed by atoms with Crippen LogP contribution in [-0.2, 0) is 4.79 Å². The summed E-state index contributed by atoms with van der Waals surface area (Å²) in [6.45, 7) is 2.61. The van der Waals surface area contributed by atoms with Gasteiger partial charge in [0.05, 0.1) is 0 Å². The van der Waals surface area contributed by atoms with E-state index >= 15 is 0 Å². The summed E-state index contributed by atoms with van der Waals surface area (Å²) in [6, 6.07) is 8.91. The number of benzene rings is 1. The summed E-state index contributed by atoms with van der Waals surface area (Å²) < 4.78 is 0. The number of nitrogens with zero attached hydrogens (tertiary/aromatic N) is 1. The molecule has 0 bridgehead atoms. The standard InChI is InChI=1S/C14H16ClN3O/c1-2-3-7-17-14(19)11(9-16)10-18-13-6-4-5-12(15)8-13/h4-6,8,10,18H,2-3,7H2,1H3,(H,17,19)/b11-10-. The van der Waals surface area contributed by atoms with Crippen molar-refractivity contribution in [2.45, 2.75) is 19.8 Å². The highest BCUT2D eigenvalue weighted by Gasteiger charge is 2.07. The molecule has 0 radical (unpaired) electrons. The first-order valence-corrected chi connectivity index (χ1v) is 6.45. The maximum absolute atomic E-state index is 11.7. The highest BCUT2D eigenvalue weighted by molar-refractivity contribution is 6.30. The number of carbonyl (C=O) groups excluding carboxylic acids is 1. The SMILES string of the molecule is CCCCNC(=O)/C(C#N)=C\Nc1cccc(Cl)c1. The van der Waals surface area contributed by atoms with Crippen molar-refractivity contribution in [3.8, 4) is 6.07 Å². The third-order valence-corrected chi connectivity index (χ3v) is 2.62. The van der Waals surface area contributed by atoms with Crippen molar-refractivity contribution in [2.24, 2.45) is 0 Å². The van der Waals surface area contributed by atoms with Crippen LogP contribution in [0.1, 0.15) is 19.8 Å². The lowest BCUT2D eigenvalue weighted by Gasteiger charge is -2.04. The van der Waals surface area contributed by atoms with Gasteiger partial charge in [-0.05, 0) is 24.6 Å². The van der Waals surface area contributed by atoms with Crippen LogP contribution in [0.4, 0.5) is 5.69 Å². The molecule has 0 aliphatic heterocycles. The second-order valence-electron chi connectivity index (χ2n) is 3.93. The lowest BCUT2D eigenvalue weighted by Crippen LogP contribution is -2.25. The van der Waals surface area contributed by atoms with Crippen molar-refractivity contribution in [3.05, 3.63) is 41.1 Å². The van der Waals surface area contributed by atoms with Gasteiger partial charge in [-0.25, -0.2) is 0 Å². The zero-order valence-corrected chi connectivity index (χ0v) is 11.5. The molecule has 0 atom stereocenters. The highest BCUT2D eigenvalue weighted by atomic mass is 35.5. The molecule has 0 saturated carbocycles. The molecule has 0 spiro atoms. The van der Waals surface area contributed by atoms with E-state index in [0.29, 0.717) is 11.6 Å². The molecule has 0 aliphatic carbocycles. The van der Waals surface area contributed by atoms with Gasteiger partial charge in [0, 0.05) is 23.5 Å². The molecule has 0 aromatic heterocycles. The number of carbonyl (C=O) groups is 1. The fraction of sp³-hybridized carbons (Fsp3) is 0.286. The quantitative estimate of drug-likeness (QED) is 0.477. The van der Waals surface area contributed by atoms with Crippen LogP contribution in [0.15, 0.2) is 36.0 Å². The number of amides is 1. The van der Waals surface area contributed by atoms with E-state index in [4.69, 9.17) is 16.9 Å². The largest absolute Gasteiger partial charge is 0.360 e. The minimum atomic E-state index is -0.370. The van der Waals surface area contributed by atoms with Gasteiger partial charge in [-0.1, -0.05) is 31.0 Å². The van der Waals surface area contributed by atoms with Crippen LogP contribution < -0.4 is 10.6 Å². The molecule has 0 heterocycles. The lowest BCUT2D eigenvalue weighted by atomic mass is 10.2. The monoisotopic (exact) mass is 277 g/mol. The Labute approximate surface area is 118 Å². The van der Waals surface area contributed by atoms with Crippen molar-refractivity contribution < 1.29 is 4.79 Å². The fourth-order valence-corrected chi connectivity index (χ4v) is 1.55. The maximum Gasteiger partial charge on any atom is 0.263 e. The van der Waals surface area contributed by atoms with Crippen LogP contribution >= 0.6 is 11.6 Å². The highest BCUT2D eigenvalue weighted by Crippen LogP contribution is 2.15. The maximum atomic E-state index is 11.7. The molecule has 5 heteroatoms. The first-order chi connectivity index (χ1) is 9.17.